The molecule has 3 rings (SSSR count). The fourth-order valence-corrected chi connectivity index (χ4v) is 3.76. The van der Waals surface area contributed by atoms with Crippen LogP contribution in [-0.4, -0.2) is 29.7 Å². The molecule has 0 unspecified atom stereocenters. The fourth-order valence-electron chi connectivity index (χ4n) is 3.76. The molecule has 1 saturated heterocycles. The zero-order chi connectivity index (χ0) is 18.5. The molecule has 1 aliphatic rings. The Morgan fingerprint density at radius 2 is 1.85 bits per heavy atom. The lowest BCUT2D eigenvalue weighted by molar-refractivity contribution is -0.124. The lowest BCUT2D eigenvalue weighted by atomic mass is 9.90. The molecule has 0 bridgehead atoms. The standard InChI is InChI=1S/C23H27NO2/c1-17-10-12-21(18(2)15-17)23(26)24-14-6-9-20(16-24)22(25)13-11-19-7-4-3-5-8-19/h3-5,7-8,10,12,15,20H,6,9,11,13-14,16H2,1-2H3/t20-/m1/s1. The Hall–Kier alpha value is -2.42. The van der Waals surface area contributed by atoms with Crippen LogP contribution in [0.3, 0.4) is 0 Å². The van der Waals surface area contributed by atoms with Gasteiger partial charge in [-0.1, -0.05) is 48.0 Å². The first kappa shape index (κ1) is 18.4. The van der Waals surface area contributed by atoms with Gasteiger partial charge in [-0.15, -0.1) is 0 Å². The molecule has 1 heterocycles. The summed E-state index contributed by atoms with van der Waals surface area (Å²) in [6, 6.07) is 16.0. The molecule has 1 aliphatic heterocycles. The molecule has 26 heavy (non-hydrogen) atoms. The number of amides is 1. The van der Waals surface area contributed by atoms with E-state index in [9.17, 15) is 9.59 Å². The van der Waals surface area contributed by atoms with Crippen LogP contribution in [0.4, 0.5) is 0 Å². The topological polar surface area (TPSA) is 37.4 Å². The fraction of sp³-hybridized carbons (Fsp3) is 0.391. The van der Waals surface area contributed by atoms with Gasteiger partial charge in [0.05, 0.1) is 0 Å². The minimum absolute atomic E-state index is 0.0258. The Morgan fingerprint density at radius 1 is 1.08 bits per heavy atom. The SMILES string of the molecule is Cc1ccc(C(=O)N2CCC[C@@H](C(=O)CCc3ccccc3)C2)c(C)c1. The van der Waals surface area contributed by atoms with E-state index < -0.39 is 0 Å². The number of rotatable bonds is 5. The molecular formula is C23H27NO2. The van der Waals surface area contributed by atoms with Gasteiger partial charge in [0, 0.05) is 31.0 Å². The summed E-state index contributed by atoms with van der Waals surface area (Å²) in [6.45, 7) is 5.31. The number of ketones is 1. The molecule has 3 nitrogen and oxygen atoms in total. The summed E-state index contributed by atoms with van der Waals surface area (Å²) in [7, 11) is 0. The lowest BCUT2D eigenvalue weighted by Gasteiger charge is -2.32. The zero-order valence-corrected chi connectivity index (χ0v) is 15.7. The van der Waals surface area contributed by atoms with E-state index in [0.29, 0.717) is 13.0 Å². The molecule has 0 N–H and O–H groups in total. The van der Waals surface area contributed by atoms with E-state index in [1.807, 2.05) is 55.1 Å². The zero-order valence-electron chi connectivity index (χ0n) is 15.7. The quantitative estimate of drug-likeness (QED) is 0.804. The van der Waals surface area contributed by atoms with Gasteiger partial charge in [-0.3, -0.25) is 9.59 Å². The van der Waals surface area contributed by atoms with Crippen molar-refractivity contribution >= 4 is 11.7 Å². The molecule has 2 aromatic carbocycles. The van der Waals surface area contributed by atoms with Gasteiger partial charge >= 0.3 is 0 Å². The minimum Gasteiger partial charge on any atom is -0.338 e. The molecule has 3 heteroatoms. The number of benzene rings is 2. The van der Waals surface area contributed by atoms with Gasteiger partial charge in [-0.25, -0.2) is 0 Å². The van der Waals surface area contributed by atoms with Gasteiger partial charge in [0.25, 0.3) is 5.91 Å². The third-order valence-corrected chi connectivity index (χ3v) is 5.28. The van der Waals surface area contributed by atoms with E-state index in [1.165, 1.54) is 5.56 Å². The normalized spacial score (nSPS) is 17.2. The maximum atomic E-state index is 12.9. The van der Waals surface area contributed by atoms with Gasteiger partial charge in [0.15, 0.2) is 0 Å². The van der Waals surface area contributed by atoms with E-state index in [1.54, 1.807) is 0 Å². The van der Waals surface area contributed by atoms with E-state index >= 15 is 0 Å². The van der Waals surface area contributed by atoms with Crippen molar-refractivity contribution in [3.8, 4) is 0 Å². The first-order valence-corrected chi connectivity index (χ1v) is 9.48. The maximum Gasteiger partial charge on any atom is 0.254 e. The number of likely N-dealkylation sites (tertiary alicyclic amines) is 1. The summed E-state index contributed by atoms with van der Waals surface area (Å²) < 4.78 is 0. The number of nitrogens with zero attached hydrogens (tertiary/aromatic N) is 1. The Kier molecular flexibility index (Phi) is 5.87. The summed E-state index contributed by atoms with van der Waals surface area (Å²) in [4.78, 5) is 27.4. The third kappa shape index (κ3) is 4.40. The van der Waals surface area contributed by atoms with Crippen molar-refractivity contribution in [3.05, 3.63) is 70.8 Å². The van der Waals surface area contributed by atoms with Gasteiger partial charge in [-0.2, -0.15) is 0 Å². The largest absolute Gasteiger partial charge is 0.338 e. The van der Waals surface area contributed by atoms with Crippen molar-refractivity contribution in [1.29, 1.82) is 0 Å². The number of piperidine rings is 1. The van der Waals surface area contributed by atoms with E-state index in [4.69, 9.17) is 0 Å². The second-order valence-electron chi connectivity index (χ2n) is 7.36. The molecule has 2 aromatic rings. The predicted molar refractivity (Wildman–Crippen MR) is 104 cm³/mol. The predicted octanol–water partition coefficient (Wildman–Crippen LogP) is 4.36. The molecule has 1 amide bonds. The highest BCUT2D eigenvalue weighted by Gasteiger charge is 2.29. The van der Waals surface area contributed by atoms with Crippen molar-refractivity contribution in [2.24, 2.45) is 5.92 Å². The molecule has 0 aliphatic carbocycles. The van der Waals surface area contributed by atoms with Crippen molar-refractivity contribution in [2.75, 3.05) is 13.1 Å². The van der Waals surface area contributed by atoms with Crippen LogP contribution in [0.2, 0.25) is 0 Å². The Labute approximate surface area is 156 Å². The van der Waals surface area contributed by atoms with Crippen molar-refractivity contribution in [1.82, 2.24) is 4.90 Å². The Morgan fingerprint density at radius 3 is 2.58 bits per heavy atom. The molecular weight excluding hydrogens is 322 g/mol. The van der Waals surface area contributed by atoms with Crippen LogP contribution >= 0.6 is 0 Å². The van der Waals surface area contributed by atoms with Crippen LogP contribution in [0, 0.1) is 19.8 Å². The number of aryl methyl sites for hydroxylation is 3. The number of carbonyl (C=O) groups excluding carboxylic acids is 2. The second kappa shape index (κ2) is 8.31. The monoisotopic (exact) mass is 349 g/mol. The van der Waals surface area contributed by atoms with Crippen LogP contribution in [0.25, 0.3) is 0 Å². The number of carbonyl (C=O) groups is 2. The summed E-state index contributed by atoms with van der Waals surface area (Å²) in [5, 5.41) is 0. The smallest absolute Gasteiger partial charge is 0.254 e. The van der Waals surface area contributed by atoms with Crippen molar-refractivity contribution in [2.45, 2.75) is 39.5 Å². The number of hydrogen-bond acceptors (Lipinski definition) is 2. The minimum atomic E-state index is -0.0258. The first-order valence-electron chi connectivity index (χ1n) is 9.48. The van der Waals surface area contributed by atoms with Gasteiger partial charge in [0.2, 0.25) is 0 Å². The molecule has 0 aromatic heterocycles. The molecule has 1 fully saturated rings. The summed E-state index contributed by atoms with van der Waals surface area (Å²) in [6.07, 6.45) is 3.13. The molecule has 0 radical (unpaired) electrons. The number of Topliss-reactive ketones (excluding diaryl/α,β-unsaturated/α-hetero) is 1. The van der Waals surface area contributed by atoms with Crippen LogP contribution in [0.15, 0.2) is 48.5 Å². The summed E-state index contributed by atoms with van der Waals surface area (Å²) in [5.74, 6) is 0.317. The number of hydrogen-bond donors (Lipinski definition) is 0. The van der Waals surface area contributed by atoms with Crippen LogP contribution in [-0.2, 0) is 11.2 Å². The van der Waals surface area contributed by atoms with Gasteiger partial charge in [0.1, 0.15) is 5.78 Å². The Bertz CT molecular complexity index is 782. The Balaban J connectivity index is 1.61. The molecule has 1 atom stereocenters. The first-order chi connectivity index (χ1) is 12.5. The van der Waals surface area contributed by atoms with E-state index in [-0.39, 0.29) is 17.6 Å². The molecule has 0 spiro atoms. The highest BCUT2D eigenvalue weighted by Crippen LogP contribution is 2.22. The molecule has 0 saturated carbocycles. The molecule has 136 valence electrons. The highest BCUT2D eigenvalue weighted by atomic mass is 16.2. The highest BCUT2D eigenvalue weighted by molar-refractivity contribution is 5.96. The van der Waals surface area contributed by atoms with Crippen molar-refractivity contribution in [3.63, 3.8) is 0 Å². The van der Waals surface area contributed by atoms with E-state index in [0.717, 1.165) is 42.5 Å². The van der Waals surface area contributed by atoms with Crippen LogP contribution in [0.5, 0.6) is 0 Å². The van der Waals surface area contributed by atoms with E-state index in [2.05, 4.69) is 12.1 Å². The summed E-state index contributed by atoms with van der Waals surface area (Å²) in [5.41, 5.74) is 4.12. The second-order valence-corrected chi connectivity index (χ2v) is 7.36. The summed E-state index contributed by atoms with van der Waals surface area (Å²) >= 11 is 0. The van der Waals surface area contributed by atoms with Crippen LogP contribution in [0.1, 0.15) is 46.3 Å². The maximum absolute atomic E-state index is 12.9. The van der Waals surface area contributed by atoms with Gasteiger partial charge in [-0.05, 0) is 50.3 Å². The average Bonchev–Trinajstić information content (AvgIpc) is 2.66. The van der Waals surface area contributed by atoms with Gasteiger partial charge < -0.3 is 4.90 Å². The third-order valence-electron chi connectivity index (χ3n) is 5.28. The average molecular weight is 349 g/mol. The van der Waals surface area contributed by atoms with Crippen LogP contribution < -0.4 is 0 Å². The van der Waals surface area contributed by atoms with Crippen molar-refractivity contribution < 1.29 is 9.59 Å². The lowest BCUT2D eigenvalue weighted by Crippen LogP contribution is -2.42.